The van der Waals surface area contributed by atoms with Crippen molar-refractivity contribution >= 4 is 5.78 Å². The molecule has 2 aliphatic heterocycles. The highest BCUT2D eigenvalue weighted by Gasteiger charge is 2.65. The van der Waals surface area contributed by atoms with Crippen LogP contribution in [-0.4, -0.2) is 18.0 Å². The van der Waals surface area contributed by atoms with Gasteiger partial charge in [-0.25, -0.2) is 0 Å². The molecule has 2 heterocycles. The van der Waals surface area contributed by atoms with Crippen molar-refractivity contribution < 1.29 is 14.3 Å². The van der Waals surface area contributed by atoms with Crippen LogP contribution in [0.1, 0.15) is 27.6 Å². The summed E-state index contributed by atoms with van der Waals surface area (Å²) in [7, 11) is 0. The summed E-state index contributed by atoms with van der Waals surface area (Å²) in [6, 6.07) is 15.4. The lowest BCUT2D eigenvalue weighted by Gasteiger charge is -2.21. The number of ketones is 1. The number of carbonyl (C=O) groups excluding carboxylic acids is 1. The Kier molecular flexibility index (Phi) is 2.30. The van der Waals surface area contributed by atoms with Crippen LogP contribution in [0.3, 0.4) is 0 Å². The quantitative estimate of drug-likeness (QED) is 0.744. The van der Waals surface area contributed by atoms with Crippen molar-refractivity contribution in [1.82, 2.24) is 0 Å². The van der Waals surface area contributed by atoms with E-state index in [1.165, 1.54) is 5.56 Å². The maximum absolute atomic E-state index is 12.6. The largest absolute Gasteiger partial charge is 0.489 e. The third-order valence-electron chi connectivity index (χ3n) is 4.03. The van der Waals surface area contributed by atoms with E-state index in [-0.39, 0.29) is 11.9 Å². The van der Waals surface area contributed by atoms with E-state index in [4.69, 9.17) is 9.47 Å². The third kappa shape index (κ3) is 1.53. The van der Waals surface area contributed by atoms with Gasteiger partial charge in [0.2, 0.25) is 5.78 Å². The molecule has 2 aromatic carbocycles. The van der Waals surface area contributed by atoms with E-state index >= 15 is 0 Å². The lowest BCUT2D eigenvalue weighted by atomic mass is 9.89. The van der Waals surface area contributed by atoms with E-state index in [1.54, 1.807) is 6.07 Å². The van der Waals surface area contributed by atoms with Crippen LogP contribution >= 0.6 is 0 Å². The summed E-state index contributed by atoms with van der Waals surface area (Å²) in [5, 5.41) is 0. The summed E-state index contributed by atoms with van der Waals surface area (Å²) in [6.07, 6.45) is -0.191. The van der Waals surface area contributed by atoms with Crippen LogP contribution in [0.4, 0.5) is 0 Å². The van der Waals surface area contributed by atoms with Crippen molar-refractivity contribution in [2.45, 2.75) is 18.6 Å². The summed E-state index contributed by atoms with van der Waals surface area (Å²) < 4.78 is 11.5. The zero-order valence-corrected chi connectivity index (χ0v) is 11.1. The summed E-state index contributed by atoms with van der Waals surface area (Å²) in [5.74, 6) is 0.686. The fourth-order valence-electron chi connectivity index (χ4n) is 2.80. The van der Waals surface area contributed by atoms with Crippen LogP contribution in [0, 0.1) is 6.92 Å². The van der Waals surface area contributed by atoms with Crippen molar-refractivity contribution in [3.8, 4) is 5.75 Å². The number of ether oxygens (including phenoxy) is 2. The fourth-order valence-corrected chi connectivity index (χ4v) is 2.80. The molecule has 4 rings (SSSR count). The Bertz CT molecular complexity index is 690. The Balaban J connectivity index is 1.69. The Labute approximate surface area is 117 Å². The number of hydrogen-bond acceptors (Lipinski definition) is 3. The van der Waals surface area contributed by atoms with Gasteiger partial charge in [0, 0.05) is 0 Å². The number of fused-ring (bicyclic) bond motifs is 1. The van der Waals surface area contributed by atoms with Gasteiger partial charge < -0.3 is 9.47 Å². The van der Waals surface area contributed by atoms with Crippen molar-refractivity contribution in [1.29, 1.82) is 0 Å². The number of rotatable bonds is 1. The number of carbonyl (C=O) groups is 1. The second-order valence-electron chi connectivity index (χ2n) is 5.41. The number of hydrogen-bond donors (Lipinski definition) is 0. The summed E-state index contributed by atoms with van der Waals surface area (Å²) in [5.41, 5.74) is 2.03. The summed E-state index contributed by atoms with van der Waals surface area (Å²) >= 11 is 0. The van der Waals surface area contributed by atoms with Gasteiger partial charge in [-0.3, -0.25) is 4.79 Å². The van der Waals surface area contributed by atoms with Gasteiger partial charge in [-0.2, -0.15) is 0 Å². The maximum Gasteiger partial charge on any atom is 0.205 e. The van der Waals surface area contributed by atoms with Gasteiger partial charge in [-0.1, -0.05) is 42.0 Å². The molecule has 2 aliphatic rings. The molecule has 20 heavy (non-hydrogen) atoms. The van der Waals surface area contributed by atoms with Gasteiger partial charge in [0.1, 0.15) is 18.5 Å². The first-order valence-electron chi connectivity index (χ1n) is 6.72. The second-order valence-corrected chi connectivity index (χ2v) is 5.41. The molecule has 0 saturated carbocycles. The lowest BCUT2D eigenvalue weighted by Crippen LogP contribution is -2.37. The second kappa shape index (κ2) is 3.93. The molecule has 3 heteroatoms. The van der Waals surface area contributed by atoms with Crippen LogP contribution < -0.4 is 4.74 Å². The van der Waals surface area contributed by atoms with Gasteiger partial charge in [-0.15, -0.1) is 0 Å². The lowest BCUT2D eigenvalue weighted by molar-refractivity contribution is 0.0755. The highest BCUT2D eigenvalue weighted by molar-refractivity contribution is 6.07. The van der Waals surface area contributed by atoms with E-state index in [9.17, 15) is 4.79 Å². The first-order valence-corrected chi connectivity index (χ1v) is 6.72. The van der Waals surface area contributed by atoms with Gasteiger partial charge in [-0.05, 0) is 24.6 Å². The molecule has 0 N–H and O–H groups in total. The monoisotopic (exact) mass is 266 g/mol. The van der Waals surface area contributed by atoms with E-state index in [0.29, 0.717) is 17.9 Å². The molecule has 100 valence electrons. The van der Waals surface area contributed by atoms with Gasteiger partial charge >= 0.3 is 0 Å². The van der Waals surface area contributed by atoms with Gasteiger partial charge in [0.15, 0.2) is 5.60 Å². The Morgan fingerprint density at radius 2 is 1.85 bits per heavy atom. The fraction of sp³-hybridized carbons (Fsp3) is 0.235. The first kappa shape index (κ1) is 11.7. The SMILES string of the molecule is Cc1ccc([C@@H]2O[C@@]23COc2ccccc2C3=O)cc1. The number of benzene rings is 2. The number of aryl methyl sites for hydroxylation is 1. The van der Waals surface area contributed by atoms with Crippen LogP contribution in [-0.2, 0) is 4.74 Å². The summed E-state index contributed by atoms with van der Waals surface area (Å²) in [4.78, 5) is 12.6. The average molecular weight is 266 g/mol. The number of Topliss-reactive ketones (excluding diaryl/α,β-unsaturated/α-hetero) is 1. The zero-order valence-electron chi connectivity index (χ0n) is 11.1. The molecule has 0 amide bonds. The minimum Gasteiger partial charge on any atom is -0.489 e. The van der Waals surface area contributed by atoms with Crippen LogP contribution in [0.15, 0.2) is 48.5 Å². The molecule has 0 aliphatic carbocycles. The topological polar surface area (TPSA) is 38.8 Å². The molecule has 1 fully saturated rings. The smallest absolute Gasteiger partial charge is 0.205 e. The molecule has 0 aromatic heterocycles. The third-order valence-corrected chi connectivity index (χ3v) is 4.03. The highest BCUT2D eigenvalue weighted by atomic mass is 16.6. The Morgan fingerprint density at radius 1 is 1.10 bits per heavy atom. The maximum atomic E-state index is 12.6. The standard InChI is InChI=1S/C17H14O3/c1-11-6-8-12(9-7-11)16-17(20-16)10-19-14-5-3-2-4-13(14)15(17)18/h2-9,16H,10H2,1H3/t16-,17+/m0/s1. The van der Waals surface area contributed by atoms with Gasteiger partial charge in [0.25, 0.3) is 0 Å². The van der Waals surface area contributed by atoms with Crippen LogP contribution in [0.5, 0.6) is 5.75 Å². The molecule has 1 spiro atoms. The van der Waals surface area contributed by atoms with E-state index in [2.05, 4.69) is 0 Å². The molecule has 2 atom stereocenters. The molecule has 0 bridgehead atoms. The molecule has 0 unspecified atom stereocenters. The average Bonchev–Trinajstić information content (AvgIpc) is 3.20. The molecular formula is C17H14O3. The number of epoxide rings is 1. The summed E-state index contributed by atoms with van der Waals surface area (Å²) in [6.45, 7) is 2.33. The molecular weight excluding hydrogens is 252 g/mol. The predicted molar refractivity (Wildman–Crippen MR) is 74.0 cm³/mol. The van der Waals surface area contributed by atoms with Crippen molar-refractivity contribution in [3.63, 3.8) is 0 Å². The minimum absolute atomic E-state index is 0.0323. The zero-order chi connectivity index (χ0) is 13.7. The first-order chi connectivity index (χ1) is 9.71. The Hall–Kier alpha value is -2.13. The van der Waals surface area contributed by atoms with E-state index < -0.39 is 5.60 Å². The number of para-hydroxylation sites is 1. The normalized spacial score (nSPS) is 27.1. The molecule has 0 radical (unpaired) electrons. The van der Waals surface area contributed by atoms with Crippen molar-refractivity contribution in [2.24, 2.45) is 0 Å². The molecule has 3 nitrogen and oxygen atoms in total. The molecule has 1 saturated heterocycles. The minimum atomic E-state index is -0.816. The predicted octanol–water partition coefficient (Wildman–Crippen LogP) is 3.08. The van der Waals surface area contributed by atoms with E-state index in [1.807, 2.05) is 49.4 Å². The Morgan fingerprint density at radius 3 is 2.65 bits per heavy atom. The van der Waals surface area contributed by atoms with Crippen molar-refractivity contribution in [3.05, 3.63) is 65.2 Å². The highest BCUT2D eigenvalue weighted by Crippen LogP contribution is 2.54. The van der Waals surface area contributed by atoms with E-state index in [0.717, 1.165) is 5.56 Å². The van der Waals surface area contributed by atoms with Gasteiger partial charge in [0.05, 0.1) is 5.56 Å². The van der Waals surface area contributed by atoms with Crippen LogP contribution in [0.25, 0.3) is 0 Å². The molecule has 2 aromatic rings. The van der Waals surface area contributed by atoms with Crippen LogP contribution in [0.2, 0.25) is 0 Å². The van der Waals surface area contributed by atoms with Crippen molar-refractivity contribution in [2.75, 3.05) is 6.61 Å².